The maximum absolute atomic E-state index is 13.9. The molecule has 4 rings (SSSR count). The minimum atomic E-state index is -4.55. The van der Waals surface area contributed by atoms with Crippen molar-refractivity contribution < 1.29 is 22.4 Å². The number of pyridine rings is 1. The molecule has 0 saturated carbocycles. The Morgan fingerprint density at radius 2 is 1.79 bits per heavy atom. The Bertz CT molecular complexity index is 1260. The Morgan fingerprint density at radius 3 is 2.41 bits per heavy atom. The van der Waals surface area contributed by atoms with Crippen LogP contribution in [0.4, 0.5) is 23.2 Å². The van der Waals surface area contributed by atoms with Crippen LogP contribution in [0.2, 0.25) is 5.02 Å². The summed E-state index contributed by atoms with van der Waals surface area (Å²) in [4.78, 5) is 30.4. The number of halogens is 5. The number of nitrogens with zero attached hydrogens (tertiary/aromatic N) is 4. The minimum Gasteiger partial charge on any atom is -0.380 e. The van der Waals surface area contributed by atoms with E-state index in [9.17, 15) is 27.2 Å². The first-order chi connectivity index (χ1) is 16.1. The van der Waals surface area contributed by atoms with Gasteiger partial charge in [-0.2, -0.15) is 23.0 Å². The van der Waals surface area contributed by atoms with Crippen molar-refractivity contribution in [3.05, 3.63) is 81.1 Å². The molecule has 0 spiro atoms. The fourth-order valence-corrected chi connectivity index (χ4v) is 3.81. The van der Waals surface area contributed by atoms with Gasteiger partial charge >= 0.3 is 6.18 Å². The van der Waals surface area contributed by atoms with Crippen molar-refractivity contribution in [3.63, 3.8) is 0 Å². The summed E-state index contributed by atoms with van der Waals surface area (Å²) in [6.45, 7) is 0.755. The van der Waals surface area contributed by atoms with Crippen LogP contribution in [0, 0.1) is 5.82 Å². The number of carbonyl (C=O) groups is 1. The third-order valence-corrected chi connectivity index (χ3v) is 5.82. The summed E-state index contributed by atoms with van der Waals surface area (Å²) in [5.41, 5.74) is -1.42. The number of amides is 1. The van der Waals surface area contributed by atoms with Crippen LogP contribution >= 0.6 is 11.6 Å². The monoisotopic (exact) mass is 495 g/mol. The maximum atomic E-state index is 13.9. The number of carbonyl (C=O) groups excluding carboxylic acids is 1. The molecular formula is C22H18ClF4N5O2. The Kier molecular flexibility index (Phi) is 6.56. The van der Waals surface area contributed by atoms with Gasteiger partial charge in [0.1, 0.15) is 10.8 Å². The summed E-state index contributed by atoms with van der Waals surface area (Å²) in [6.07, 6.45) is -1.59. The highest BCUT2D eigenvalue weighted by atomic mass is 35.5. The van der Waals surface area contributed by atoms with Gasteiger partial charge in [0.25, 0.3) is 11.5 Å². The lowest BCUT2D eigenvalue weighted by Crippen LogP contribution is -2.42. The van der Waals surface area contributed by atoms with Crippen LogP contribution in [0.1, 0.15) is 28.8 Å². The summed E-state index contributed by atoms with van der Waals surface area (Å²) in [7, 11) is 0. The Balaban J connectivity index is 1.42. The van der Waals surface area contributed by atoms with Crippen LogP contribution < -0.4 is 10.9 Å². The predicted octanol–water partition coefficient (Wildman–Crippen LogP) is 4.16. The summed E-state index contributed by atoms with van der Waals surface area (Å²) in [5.74, 6) is -1.07. The maximum Gasteiger partial charge on any atom is 0.417 e. The molecule has 178 valence electrons. The molecule has 0 bridgehead atoms. The fourth-order valence-electron chi connectivity index (χ4n) is 3.63. The molecule has 7 nitrogen and oxygen atoms in total. The molecule has 1 aromatic carbocycles. The third-order valence-electron chi connectivity index (χ3n) is 5.46. The van der Waals surface area contributed by atoms with E-state index < -0.39 is 23.1 Å². The average Bonchev–Trinajstić information content (AvgIpc) is 2.82. The van der Waals surface area contributed by atoms with E-state index in [0.717, 1.165) is 16.8 Å². The third kappa shape index (κ3) is 4.89. The van der Waals surface area contributed by atoms with E-state index in [4.69, 9.17) is 11.6 Å². The highest BCUT2D eigenvalue weighted by Gasteiger charge is 2.31. The molecule has 34 heavy (non-hydrogen) atoms. The second-order valence-electron chi connectivity index (χ2n) is 7.68. The fraction of sp³-hybridized carbons (Fsp3) is 0.273. The van der Waals surface area contributed by atoms with Gasteiger partial charge in [-0.3, -0.25) is 9.59 Å². The Labute approximate surface area is 196 Å². The van der Waals surface area contributed by atoms with Gasteiger partial charge in [-0.05, 0) is 37.1 Å². The molecule has 0 unspecified atom stereocenters. The lowest BCUT2D eigenvalue weighted by Gasteiger charge is -2.33. The van der Waals surface area contributed by atoms with Crippen LogP contribution in [-0.2, 0) is 6.18 Å². The minimum absolute atomic E-state index is 0.0154. The number of piperidine rings is 1. The highest BCUT2D eigenvalue weighted by Crippen LogP contribution is 2.29. The lowest BCUT2D eigenvalue weighted by molar-refractivity contribution is -0.137. The molecule has 1 fully saturated rings. The molecule has 1 aliphatic heterocycles. The molecule has 1 saturated heterocycles. The van der Waals surface area contributed by atoms with Gasteiger partial charge in [-0.1, -0.05) is 23.7 Å². The molecule has 1 amide bonds. The van der Waals surface area contributed by atoms with E-state index in [-0.39, 0.29) is 34.0 Å². The molecular weight excluding hydrogens is 478 g/mol. The number of alkyl halides is 3. The van der Waals surface area contributed by atoms with Crippen molar-refractivity contribution in [3.8, 4) is 5.82 Å². The highest BCUT2D eigenvalue weighted by molar-refractivity contribution is 6.33. The topological polar surface area (TPSA) is 80.1 Å². The van der Waals surface area contributed by atoms with Crippen molar-refractivity contribution >= 4 is 23.2 Å². The molecule has 0 radical (unpaired) electrons. The van der Waals surface area contributed by atoms with Gasteiger partial charge in [0.05, 0.1) is 23.0 Å². The zero-order valence-corrected chi connectivity index (χ0v) is 18.3. The largest absolute Gasteiger partial charge is 0.417 e. The van der Waals surface area contributed by atoms with Crippen LogP contribution in [-0.4, -0.2) is 44.7 Å². The molecule has 1 aliphatic rings. The SMILES string of the molecule is O=C(c1ccccc1F)N1CCC(Nc2cnn(-c3ccc(C(F)(F)F)cn3)c(=O)c2Cl)CC1. The van der Waals surface area contributed by atoms with Crippen molar-refractivity contribution in [1.29, 1.82) is 0 Å². The lowest BCUT2D eigenvalue weighted by atomic mass is 10.0. The molecule has 12 heteroatoms. The summed E-state index contributed by atoms with van der Waals surface area (Å²) < 4.78 is 52.9. The normalized spacial score (nSPS) is 14.8. The number of benzene rings is 1. The average molecular weight is 496 g/mol. The molecule has 0 aliphatic carbocycles. The molecule has 3 aromatic rings. The van der Waals surface area contributed by atoms with Crippen molar-refractivity contribution in [1.82, 2.24) is 19.7 Å². The quantitative estimate of drug-likeness (QED) is 0.550. The molecule has 1 N–H and O–H groups in total. The number of hydrogen-bond donors (Lipinski definition) is 1. The number of rotatable bonds is 4. The van der Waals surface area contributed by atoms with Gasteiger partial charge in [0.15, 0.2) is 5.82 Å². The smallest absolute Gasteiger partial charge is 0.380 e. The van der Waals surface area contributed by atoms with E-state index in [1.165, 1.54) is 24.4 Å². The van der Waals surface area contributed by atoms with Gasteiger partial charge in [0.2, 0.25) is 0 Å². The first-order valence-electron chi connectivity index (χ1n) is 10.3. The number of aromatic nitrogens is 3. The van der Waals surface area contributed by atoms with E-state index in [2.05, 4.69) is 15.4 Å². The summed E-state index contributed by atoms with van der Waals surface area (Å²) in [6, 6.07) is 7.50. The van der Waals surface area contributed by atoms with Gasteiger partial charge in [0, 0.05) is 25.3 Å². The second-order valence-corrected chi connectivity index (χ2v) is 8.06. The van der Waals surface area contributed by atoms with Crippen molar-refractivity contribution in [2.24, 2.45) is 0 Å². The van der Waals surface area contributed by atoms with Gasteiger partial charge < -0.3 is 10.2 Å². The van der Waals surface area contributed by atoms with Crippen LogP contribution in [0.5, 0.6) is 0 Å². The number of hydrogen-bond acceptors (Lipinski definition) is 5. The van der Waals surface area contributed by atoms with E-state index in [1.54, 1.807) is 11.0 Å². The van der Waals surface area contributed by atoms with Crippen molar-refractivity contribution in [2.45, 2.75) is 25.1 Å². The number of likely N-dealkylation sites (tertiary alicyclic amines) is 1. The zero-order chi connectivity index (χ0) is 24.5. The molecule has 0 atom stereocenters. The zero-order valence-electron chi connectivity index (χ0n) is 17.5. The van der Waals surface area contributed by atoms with Crippen molar-refractivity contribution in [2.75, 3.05) is 18.4 Å². The first kappa shape index (κ1) is 23.7. The van der Waals surface area contributed by atoms with Crippen LogP contribution in [0.3, 0.4) is 0 Å². The predicted molar refractivity (Wildman–Crippen MR) is 117 cm³/mol. The van der Waals surface area contributed by atoms with E-state index in [1.807, 2.05) is 0 Å². The van der Waals surface area contributed by atoms with Gasteiger partial charge in [-0.15, -0.1) is 0 Å². The summed E-state index contributed by atoms with van der Waals surface area (Å²) >= 11 is 6.20. The second kappa shape index (κ2) is 9.41. The Hall–Kier alpha value is -3.47. The summed E-state index contributed by atoms with van der Waals surface area (Å²) in [5, 5.41) is 6.89. The van der Waals surface area contributed by atoms with E-state index in [0.29, 0.717) is 32.1 Å². The molecule has 3 heterocycles. The number of nitrogens with one attached hydrogen (secondary N) is 1. The van der Waals surface area contributed by atoms with Crippen LogP contribution in [0.25, 0.3) is 5.82 Å². The molecule has 2 aromatic heterocycles. The van der Waals surface area contributed by atoms with E-state index >= 15 is 0 Å². The standard InChI is InChI=1S/C22H18ClF4N5O2/c23-19-17(12-29-32(21(19)34)18-6-5-13(11-28-18)22(25,26)27)30-14-7-9-31(10-8-14)20(33)15-3-1-2-4-16(15)24/h1-6,11-12,14,30H,7-10H2. The first-order valence-corrected chi connectivity index (χ1v) is 10.6. The number of anilines is 1. The van der Waals surface area contributed by atoms with Gasteiger partial charge in [-0.25, -0.2) is 9.37 Å². The Morgan fingerprint density at radius 1 is 1.09 bits per heavy atom. The van der Waals surface area contributed by atoms with Crippen LogP contribution in [0.15, 0.2) is 53.6 Å².